The first-order valence-electron chi connectivity index (χ1n) is 7.81. The zero-order chi connectivity index (χ0) is 15.0. The fourth-order valence-electron chi connectivity index (χ4n) is 3.86. The Kier molecular flexibility index (Phi) is 4.36. The van der Waals surface area contributed by atoms with E-state index in [0.29, 0.717) is 5.92 Å². The van der Waals surface area contributed by atoms with E-state index in [1.54, 1.807) is 0 Å². The van der Waals surface area contributed by atoms with Crippen LogP contribution in [0.25, 0.3) is 0 Å². The van der Waals surface area contributed by atoms with E-state index in [1.807, 2.05) is 25.1 Å². The molecule has 0 aliphatic carbocycles. The minimum Gasteiger partial charge on any atom is -0.352 e. The number of hydrogen-bond donors (Lipinski definition) is 1. The van der Waals surface area contributed by atoms with Crippen molar-refractivity contribution in [3.05, 3.63) is 33.8 Å². The van der Waals surface area contributed by atoms with Crippen molar-refractivity contribution in [3.8, 4) is 0 Å². The van der Waals surface area contributed by atoms with Crippen molar-refractivity contribution < 1.29 is 4.79 Å². The highest BCUT2D eigenvalue weighted by Gasteiger charge is 2.38. The average molecular weight is 351 g/mol. The van der Waals surface area contributed by atoms with Gasteiger partial charge in [0.25, 0.3) is 5.91 Å². The molecular formula is C17H23BrN2O. The zero-order valence-electron chi connectivity index (χ0n) is 12.7. The monoisotopic (exact) mass is 350 g/mol. The van der Waals surface area contributed by atoms with Crippen molar-refractivity contribution in [1.29, 1.82) is 0 Å². The predicted molar refractivity (Wildman–Crippen MR) is 88.5 cm³/mol. The van der Waals surface area contributed by atoms with Gasteiger partial charge in [-0.15, -0.1) is 0 Å². The van der Waals surface area contributed by atoms with Crippen LogP contribution in [0.4, 0.5) is 0 Å². The molecule has 3 nitrogen and oxygen atoms in total. The maximum atomic E-state index is 12.4. The Morgan fingerprint density at radius 2 is 2.00 bits per heavy atom. The second-order valence-electron chi connectivity index (χ2n) is 6.56. The summed E-state index contributed by atoms with van der Waals surface area (Å²) in [5.41, 5.74) is 1.81. The number of piperidine rings is 1. The molecule has 1 N–H and O–H groups in total. The molecule has 2 saturated heterocycles. The number of fused-ring (bicyclic) bond motifs is 2. The van der Waals surface area contributed by atoms with E-state index in [2.05, 4.69) is 33.2 Å². The lowest BCUT2D eigenvalue weighted by molar-refractivity contribution is 0.0917. The summed E-state index contributed by atoms with van der Waals surface area (Å²) in [7, 11) is 2.25. The largest absolute Gasteiger partial charge is 0.352 e. The molecule has 0 saturated carbocycles. The van der Waals surface area contributed by atoms with E-state index in [0.717, 1.165) is 34.2 Å². The van der Waals surface area contributed by atoms with Crippen molar-refractivity contribution in [2.45, 2.75) is 44.7 Å². The van der Waals surface area contributed by atoms with Gasteiger partial charge in [-0.25, -0.2) is 0 Å². The quantitative estimate of drug-likeness (QED) is 0.906. The molecule has 2 unspecified atom stereocenters. The van der Waals surface area contributed by atoms with Crippen LogP contribution in [0.15, 0.2) is 22.7 Å². The maximum Gasteiger partial charge on any atom is 0.251 e. The molecule has 21 heavy (non-hydrogen) atoms. The second kappa shape index (κ2) is 6.09. The van der Waals surface area contributed by atoms with Gasteiger partial charge in [0, 0.05) is 28.7 Å². The van der Waals surface area contributed by atoms with Crippen LogP contribution in [0.1, 0.15) is 41.6 Å². The summed E-state index contributed by atoms with van der Waals surface area (Å²) in [6, 6.07) is 7.33. The molecule has 1 aromatic rings. The van der Waals surface area contributed by atoms with Crippen LogP contribution >= 0.6 is 15.9 Å². The summed E-state index contributed by atoms with van der Waals surface area (Å²) in [5.74, 6) is 0.690. The molecule has 2 aliphatic rings. The van der Waals surface area contributed by atoms with Gasteiger partial charge in [0.15, 0.2) is 0 Å². The highest BCUT2D eigenvalue weighted by Crippen LogP contribution is 2.37. The Labute approximate surface area is 135 Å². The Morgan fingerprint density at radius 1 is 1.33 bits per heavy atom. The number of aryl methyl sites for hydroxylation is 1. The number of benzene rings is 1. The number of nitrogens with one attached hydrogen (secondary N) is 1. The smallest absolute Gasteiger partial charge is 0.251 e. The molecular weight excluding hydrogens is 328 g/mol. The minimum absolute atomic E-state index is 0.0556. The summed E-state index contributed by atoms with van der Waals surface area (Å²) >= 11 is 3.44. The highest BCUT2D eigenvalue weighted by molar-refractivity contribution is 9.10. The highest BCUT2D eigenvalue weighted by atomic mass is 79.9. The van der Waals surface area contributed by atoms with E-state index < -0.39 is 0 Å². The molecule has 2 bridgehead atoms. The number of amides is 1. The number of nitrogens with zero attached hydrogens (tertiary/aromatic N) is 1. The van der Waals surface area contributed by atoms with Gasteiger partial charge in [-0.2, -0.15) is 0 Å². The first-order valence-corrected chi connectivity index (χ1v) is 8.60. The number of halogens is 1. The van der Waals surface area contributed by atoms with Gasteiger partial charge < -0.3 is 10.2 Å². The maximum absolute atomic E-state index is 12.4. The van der Waals surface area contributed by atoms with Gasteiger partial charge in [0.05, 0.1) is 0 Å². The van der Waals surface area contributed by atoms with E-state index >= 15 is 0 Å². The summed E-state index contributed by atoms with van der Waals surface area (Å²) in [6.07, 6.45) is 5.11. The number of rotatable bonds is 3. The van der Waals surface area contributed by atoms with Crippen LogP contribution in [-0.4, -0.2) is 36.5 Å². The molecule has 2 fully saturated rings. The van der Waals surface area contributed by atoms with Crippen LogP contribution in [0, 0.1) is 12.8 Å². The lowest BCUT2D eigenvalue weighted by Crippen LogP contribution is -2.43. The standard InChI is InChI=1S/C17H23BrN2O/c1-11-3-4-13(18)9-16(11)17(21)19-10-12-7-14-5-6-15(8-12)20(14)2/h3-4,9,12,14-15H,5-8,10H2,1-2H3,(H,19,21). The third-order valence-electron chi connectivity index (χ3n) is 5.19. The third kappa shape index (κ3) is 3.16. The van der Waals surface area contributed by atoms with E-state index in [1.165, 1.54) is 25.7 Å². The van der Waals surface area contributed by atoms with E-state index in [9.17, 15) is 4.79 Å². The third-order valence-corrected chi connectivity index (χ3v) is 5.68. The van der Waals surface area contributed by atoms with Crippen molar-refractivity contribution >= 4 is 21.8 Å². The summed E-state index contributed by atoms with van der Waals surface area (Å²) in [6.45, 7) is 2.79. The minimum atomic E-state index is 0.0556. The Morgan fingerprint density at radius 3 is 2.67 bits per heavy atom. The Bertz CT molecular complexity index is 532. The molecule has 2 aliphatic heterocycles. The SMILES string of the molecule is Cc1ccc(Br)cc1C(=O)NCC1CC2CCC(C1)N2C. The van der Waals surface area contributed by atoms with Crippen LogP contribution in [0.2, 0.25) is 0 Å². The van der Waals surface area contributed by atoms with Crippen LogP contribution < -0.4 is 5.32 Å². The number of hydrogen-bond acceptors (Lipinski definition) is 2. The molecule has 2 heterocycles. The van der Waals surface area contributed by atoms with Crippen LogP contribution in [0.3, 0.4) is 0 Å². The summed E-state index contributed by atoms with van der Waals surface area (Å²) < 4.78 is 0.954. The summed E-state index contributed by atoms with van der Waals surface area (Å²) in [4.78, 5) is 14.9. The molecule has 114 valence electrons. The molecule has 0 spiro atoms. The van der Waals surface area contributed by atoms with Crippen LogP contribution in [0.5, 0.6) is 0 Å². The first-order chi connectivity index (χ1) is 10.0. The second-order valence-corrected chi connectivity index (χ2v) is 7.47. The fourth-order valence-corrected chi connectivity index (χ4v) is 4.22. The molecule has 0 aromatic heterocycles. The van der Waals surface area contributed by atoms with Gasteiger partial charge in [0.2, 0.25) is 0 Å². The van der Waals surface area contributed by atoms with E-state index in [4.69, 9.17) is 0 Å². The normalized spacial score (nSPS) is 28.6. The van der Waals surface area contributed by atoms with Crippen molar-refractivity contribution in [2.24, 2.45) is 5.92 Å². The summed E-state index contributed by atoms with van der Waals surface area (Å²) in [5, 5.41) is 3.14. The van der Waals surface area contributed by atoms with Gasteiger partial charge in [-0.3, -0.25) is 4.79 Å². The Balaban J connectivity index is 1.58. The number of carbonyl (C=O) groups is 1. The number of carbonyl (C=O) groups excluding carboxylic acids is 1. The molecule has 0 radical (unpaired) electrons. The zero-order valence-corrected chi connectivity index (χ0v) is 14.3. The predicted octanol–water partition coefficient (Wildman–Crippen LogP) is 3.36. The van der Waals surface area contributed by atoms with E-state index in [-0.39, 0.29) is 5.91 Å². The fraction of sp³-hybridized carbons (Fsp3) is 0.588. The average Bonchev–Trinajstić information content (AvgIpc) is 2.69. The van der Waals surface area contributed by atoms with Gasteiger partial charge in [-0.05, 0) is 63.3 Å². The molecule has 1 aromatic carbocycles. The Hall–Kier alpha value is -0.870. The van der Waals surface area contributed by atoms with Crippen molar-refractivity contribution in [2.75, 3.05) is 13.6 Å². The first kappa shape index (κ1) is 15.0. The van der Waals surface area contributed by atoms with Crippen molar-refractivity contribution in [3.63, 3.8) is 0 Å². The molecule has 2 atom stereocenters. The molecule has 1 amide bonds. The lowest BCUT2D eigenvalue weighted by atomic mass is 9.91. The van der Waals surface area contributed by atoms with Gasteiger partial charge in [-0.1, -0.05) is 22.0 Å². The lowest BCUT2D eigenvalue weighted by Gasteiger charge is -2.36. The van der Waals surface area contributed by atoms with Crippen LogP contribution in [-0.2, 0) is 0 Å². The van der Waals surface area contributed by atoms with Gasteiger partial charge in [0.1, 0.15) is 0 Å². The van der Waals surface area contributed by atoms with Gasteiger partial charge >= 0.3 is 0 Å². The molecule has 3 rings (SSSR count). The van der Waals surface area contributed by atoms with Crippen molar-refractivity contribution in [1.82, 2.24) is 10.2 Å². The topological polar surface area (TPSA) is 32.3 Å². The molecule has 4 heteroatoms.